The third-order valence-electron chi connectivity index (χ3n) is 2.34. The lowest BCUT2D eigenvalue weighted by Gasteiger charge is -2.09. The minimum Gasteiger partial charge on any atom is -0.458 e. The fourth-order valence-corrected chi connectivity index (χ4v) is 1.36. The molecule has 0 bridgehead atoms. The summed E-state index contributed by atoms with van der Waals surface area (Å²) in [6, 6.07) is 5.44. The Morgan fingerprint density at radius 1 is 1.53 bits per heavy atom. The van der Waals surface area contributed by atoms with E-state index in [9.17, 15) is 4.79 Å². The molecule has 0 aromatic carbocycles. The molecule has 0 saturated carbocycles. The molecule has 3 nitrogen and oxygen atoms in total. The number of rotatable bonds is 4. The highest BCUT2D eigenvalue weighted by Gasteiger charge is 2.25. The van der Waals surface area contributed by atoms with E-state index in [1.807, 2.05) is 26.8 Å². The van der Waals surface area contributed by atoms with E-state index >= 15 is 0 Å². The first kappa shape index (κ1) is 11.5. The first-order valence-electron chi connectivity index (χ1n) is 5.12. The molecule has 0 N–H and O–H groups in total. The van der Waals surface area contributed by atoms with Gasteiger partial charge < -0.3 is 4.42 Å². The number of nitrogens with zero attached hydrogens (tertiary/aromatic N) is 1. The van der Waals surface area contributed by atoms with Crippen LogP contribution in [-0.2, 0) is 6.42 Å². The summed E-state index contributed by atoms with van der Waals surface area (Å²) in [4.78, 5) is 11.8. The van der Waals surface area contributed by atoms with Crippen molar-refractivity contribution in [3.63, 3.8) is 0 Å². The van der Waals surface area contributed by atoms with Crippen molar-refractivity contribution in [1.82, 2.24) is 0 Å². The van der Waals surface area contributed by atoms with E-state index in [-0.39, 0.29) is 11.7 Å². The number of hydrogen-bond donors (Lipinski definition) is 0. The quantitative estimate of drug-likeness (QED) is 0.710. The van der Waals surface area contributed by atoms with Gasteiger partial charge in [0, 0.05) is 6.42 Å². The number of hydrogen-bond acceptors (Lipinski definition) is 3. The highest BCUT2D eigenvalue weighted by Crippen LogP contribution is 2.18. The van der Waals surface area contributed by atoms with Crippen molar-refractivity contribution in [2.45, 2.75) is 27.2 Å². The lowest BCUT2D eigenvalue weighted by atomic mass is 9.92. The Morgan fingerprint density at radius 2 is 2.20 bits per heavy atom. The second-order valence-corrected chi connectivity index (χ2v) is 3.83. The van der Waals surface area contributed by atoms with Crippen molar-refractivity contribution in [3.05, 3.63) is 23.7 Å². The molecule has 0 aliphatic heterocycles. The SMILES string of the molecule is CCc1ccc(C(=O)C(C#N)C(C)C)o1. The molecule has 0 amide bonds. The summed E-state index contributed by atoms with van der Waals surface area (Å²) < 4.78 is 5.33. The Bertz CT molecular complexity index is 385. The van der Waals surface area contributed by atoms with E-state index in [0.717, 1.165) is 12.2 Å². The van der Waals surface area contributed by atoms with Crippen LogP contribution in [0.4, 0.5) is 0 Å². The van der Waals surface area contributed by atoms with Gasteiger partial charge in [0.05, 0.1) is 6.07 Å². The highest BCUT2D eigenvalue weighted by atomic mass is 16.3. The van der Waals surface area contributed by atoms with Crippen molar-refractivity contribution < 1.29 is 9.21 Å². The van der Waals surface area contributed by atoms with Crippen LogP contribution in [0.5, 0.6) is 0 Å². The van der Waals surface area contributed by atoms with Crippen molar-refractivity contribution >= 4 is 5.78 Å². The molecule has 1 atom stereocenters. The number of carbonyl (C=O) groups is 1. The van der Waals surface area contributed by atoms with E-state index in [4.69, 9.17) is 9.68 Å². The minimum absolute atomic E-state index is 0.0117. The van der Waals surface area contributed by atoms with Crippen LogP contribution in [0.1, 0.15) is 37.1 Å². The van der Waals surface area contributed by atoms with Crippen LogP contribution in [0.25, 0.3) is 0 Å². The standard InChI is InChI=1S/C12H15NO2/c1-4-9-5-6-11(15-9)12(14)10(7-13)8(2)3/h5-6,8,10H,4H2,1-3H3. The van der Waals surface area contributed by atoms with Gasteiger partial charge in [-0.05, 0) is 18.1 Å². The summed E-state index contributed by atoms with van der Waals surface area (Å²) in [5.41, 5.74) is 0. The van der Waals surface area contributed by atoms with Crippen LogP contribution < -0.4 is 0 Å². The van der Waals surface area contributed by atoms with Gasteiger partial charge in [0.15, 0.2) is 5.76 Å². The van der Waals surface area contributed by atoms with Gasteiger partial charge in [0.25, 0.3) is 0 Å². The predicted molar refractivity (Wildman–Crippen MR) is 56.4 cm³/mol. The van der Waals surface area contributed by atoms with Crippen LogP contribution in [0, 0.1) is 23.2 Å². The van der Waals surface area contributed by atoms with E-state index in [0.29, 0.717) is 5.76 Å². The van der Waals surface area contributed by atoms with E-state index < -0.39 is 5.92 Å². The number of ketones is 1. The topological polar surface area (TPSA) is 54.0 Å². The molecule has 15 heavy (non-hydrogen) atoms. The number of aryl methyl sites for hydroxylation is 1. The first-order chi connectivity index (χ1) is 7.10. The fourth-order valence-electron chi connectivity index (χ4n) is 1.36. The summed E-state index contributed by atoms with van der Waals surface area (Å²) in [5.74, 6) is 0.261. The van der Waals surface area contributed by atoms with Gasteiger partial charge in [-0.25, -0.2) is 0 Å². The van der Waals surface area contributed by atoms with Crippen LogP contribution in [0.3, 0.4) is 0 Å². The normalized spacial score (nSPS) is 12.5. The monoisotopic (exact) mass is 205 g/mol. The zero-order valence-electron chi connectivity index (χ0n) is 9.28. The summed E-state index contributed by atoms with van der Waals surface area (Å²) >= 11 is 0. The Morgan fingerprint density at radius 3 is 2.60 bits per heavy atom. The van der Waals surface area contributed by atoms with Crippen LogP contribution in [0.2, 0.25) is 0 Å². The van der Waals surface area contributed by atoms with Crippen molar-refractivity contribution in [2.75, 3.05) is 0 Å². The van der Waals surface area contributed by atoms with Crippen LogP contribution >= 0.6 is 0 Å². The minimum atomic E-state index is -0.610. The van der Waals surface area contributed by atoms with Gasteiger partial charge in [-0.3, -0.25) is 4.79 Å². The maximum atomic E-state index is 11.8. The second kappa shape index (κ2) is 4.79. The molecule has 1 aromatic rings. The van der Waals surface area contributed by atoms with Gasteiger partial charge in [-0.2, -0.15) is 5.26 Å². The molecular weight excluding hydrogens is 190 g/mol. The average molecular weight is 205 g/mol. The van der Waals surface area contributed by atoms with Gasteiger partial charge in [-0.1, -0.05) is 20.8 Å². The maximum absolute atomic E-state index is 11.8. The summed E-state index contributed by atoms with van der Waals surface area (Å²) in [6.45, 7) is 5.67. The molecule has 1 rings (SSSR count). The van der Waals surface area contributed by atoms with Crippen LogP contribution in [-0.4, -0.2) is 5.78 Å². The van der Waals surface area contributed by atoms with Crippen LogP contribution in [0.15, 0.2) is 16.5 Å². The molecule has 0 fully saturated rings. The summed E-state index contributed by atoms with van der Waals surface area (Å²) in [6.07, 6.45) is 0.756. The Kier molecular flexibility index (Phi) is 3.68. The van der Waals surface area contributed by atoms with E-state index in [1.54, 1.807) is 12.1 Å². The van der Waals surface area contributed by atoms with Gasteiger partial charge in [0.2, 0.25) is 5.78 Å². The zero-order valence-corrected chi connectivity index (χ0v) is 9.28. The molecule has 0 aliphatic carbocycles. The van der Waals surface area contributed by atoms with Gasteiger partial charge >= 0.3 is 0 Å². The second-order valence-electron chi connectivity index (χ2n) is 3.83. The number of furan rings is 1. The maximum Gasteiger partial charge on any atom is 0.215 e. The average Bonchev–Trinajstić information content (AvgIpc) is 2.66. The molecule has 1 aromatic heterocycles. The molecule has 3 heteroatoms. The lowest BCUT2D eigenvalue weighted by Crippen LogP contribution is -2.18. The Hall–Kier alpha value is -1.56. The molecule has 1 unspecified atom stereocenters. The third kappa shape index (κ3) is 2.47. The third-order valence-corrected chi connectivity index (χ3v) is 2.34. The van der Waals surface area contributed by atoms with Crippen molar-refractivity contribution in [2.24, 2.45) is 11.8 Å². The van der Waals surface area contributed by atoms with E-state index in [1.165, 1.54) is 0 Å². The van der Waals surface area contributed by atoms with Crippen molar-refractivity contribution in [1.29, 1.82) is 5.26 Å². The first-order valence-corrected chi connectivity index (χ1v) is 5.12. The zero-order chi connectivity index (χ0) is 11.4. The molecule has 0 radical (unpaired) electrons. The van der Waals surface area contributed by atoms with Gasteiger partial charge in [-0.15, -0.1) is 0 Å². The Balaban J connectivity index is 2.89. The molecular formula is C12H15NO2. The molecule has 80 valence electrons. The van der Waals surface area contributed by atoms with E-state index in [2.05, 4.69) is 0 Å². The Labute approximate surface area is 89.7 Å². The fraction of sp³-hybridized carbons (Fsp3) is 0.500. The predicted octanol–water partition coefficient (Wildman–Crippen LogP) is 2.82. The molecule has 0 aliphatic rings. The van der Waals surface area contributed by atoms with Crippen molar-refractivity contribution in [3.8, 4) is 6.07 Å². The highest BCUT2D eigenvalue weighted by molar-refractivity contribution is 5.97. The summed E-state index contributed by atoms with van der Waals surface area (Å²) in [7, 11) is 0. The lowest BCUT2D eigenvalue weighted by molar-refractivity contribution is 0.0894. The van der Waals surface area contributed by atoms with Gasteiger partial charge in [0.1, 0.15) is 11.7 Å². The number of Topliss-reactive ketones (excluding diaryl/α,β-unsaturated/α-hetero) is 1. The number of carbonyl (C=O) groups excluding carboxylic acids is 1. The molecule has 0 spiro atoms. The smallest absolute Gasteiger partial charge is 0.215 e. The summed E-state index contributed by atoms with van der Waals surface area (Å²) in [5, 5.41) is 8.88. The molecule has 1 heterocycles. The largest absolute Gasteiger partial charge is 0.458 e. The number of nitriles is 1. The molecule has 0 saturated heterocycles.